The molecule has 3 amide bonds. The molecule has 1 aromatic heterocycles. The topological polar surface area (TPSA) is 122 Å². The third kappa shape index (κ3) is 7.10. The van der Waals surface area contributed by atoms with Crippen molar-refractivity contribution < 1.29 is 23.5 Å². The van der Waals surface area contributed by atoms with Crippen LogP contribution in [-0.4, -0.2) is 30.5 Å². The van der Waals surface area contributed by atoms with Crippen molar-refractivity contribution >= 4 is 45.6 Å². The van der Waals surface area contributed by atoms with Gasteiger partial charge in [-0.15, -0.1) is 0 Å². The van der Waals surface area contributed by atoms with Gasteiger partial charge in [0.1, 0.15) is 11.5 Å². The first kappa shape index (κ1) is 22.8. The van der Waals surface area contributed by atoms with E-state index in [1.807, 2.05) is 18.2 Å². The zero-order valence-electron chi connectivity index (χ0n) is 16.7. The number of carbonyl (C=O) groups is 3. The molecule has 2 aromatic carbocycles. The molecule has 0 spiro atoms. The number of carbonyl (C=O) groups excluding carboxylic acids is 3. The van der Waals surface area contributed by atoms with E-state index in [0.29, 0.717) is 22.8 Å². The largest absolute Gasteiger partial charge is 0.483 e. The Morgan fingerprint density at radius 1 is 1.03 bits per heavy atom. The third-order valence-electron chi connectivity index (χ3n) is 3.97. The van der Waals surface area contributed by atoms with Gasteiger partial charge in [0.15, 0.2) is 6.61 Å². The normalized spacial score (nSPS) is 10.5. The number of hydrogen-bond acceptors (Lipinski definition) is 6. The first-order chi connectivity index (χ1) is 15.5. The van der Waals surface area contributed by atoms with Crippen LogP contribution in [0.5, 0.6) is 5.75 Å². The van der Waals surface area contributed by atoms with Crippen molar-refractivity contribution in [3.63, 3.8) is 0 Å². The van der Waals surface area contributed by atoms with Crippen molar-refractivity contribution in [3.8, 4) is 5.75 Å². The molecule has 3 N–H and O–H groups in total. The molecule has 10 heteroatoms. The second kappa shape index (κ2) is 11.5. The third-order valence-corrected chi connectivity index (χ3v) is 4.46. The van der Waals surface area contributed by atoms with E-state index >= 15 is 0 Å². The number of furan rings is 1. The fourth-order valence-electron chi connectivity index (χ4n) is 2.49. The van der Waals surface area contributed by atoms with Crippen molar-refractivity contribution in [3.05, 3.63) is 82.7 Å². The summed E-state index contributed by atoms with van der Waals surface area (Å²) in [6, 6.07) is 17.4. The predicted octanol–water partition coefficient (Wildman–Crippen LogP) is 2.83. The lowest BCUT2D eigenvalue weighted by atomic mass is 10.2. The Morgan fingerprint density at radius 3 is 2.59 bits per heavy atom. The molecule has 3 rings (SSSR count). The molecular weight excluding hydrogens is 480 g/mol. The monoisotopic (exact) mass is 498 g/mol. The quantitative estimate of drug-likeness (QED) is 0.250. The van der Waals surface area contributed by atoms with Crippen LogP contribution in [0.3, 0.4) is 0 Å². The van der Waals surface area contributed by atoms with E-state index in [1.165, 1.54) is 12.5 Å². The van der Waals surface area contributed by atoms with E-state index in [2.05, 4.69) is 37.1 Å². The Labute approximate surface area is 192 Å². The van der Waals surface area contributed by atoms with Crippen LogP contribution in [0.4, 0.5) is 5.69 Å². The van der Waals surface area contributed by atoms with Gasteiger partial charge >= 0.3 is 11.8 Å². The molecule has 0 saturated heterocycles. The molecule has 3 aromatic rings. The standard InChI is InChI=1S/C22H19BrN4O5/c23-16-8-9-19(32-14-20(28)26-17-5-2-1-3-6-17)15(11-16)12-25-27-22(30)21(29)24-13-18-7-4-10-31-18/h1-12H,13-14H2,(H,24,29)(H,26,28)(H,27,30)/b25-12-. The van der Waals surface area contributed by atoms with Crippen LogP contribution in [0.25, 0.3) is 0 Å². The lowest BCUT2D eigenvalue weighted by molar-refractivity contribution is -0.139. The number of rotatable bonds is 8. The van der Waals surface area contributed by atoms with Crippen LogP contribution in [-0.2, 0) is 20.9 Å². The molecule has 0 saturated carbocycles. The van der Waals surface area contributed by atoms with Gasteiger partial charge in [-0.05, 0) is 42.5 Å². The zero-order valence-corrected chi connectivity index (χ0v) is 18.3. The number of nitrogens with one attached hydrogen (secondary N) is 3. The van der Waals surface area contributed by atoms with Crippen molar-refractivity contribution in [1.82, 2.24) is 10.7 Å². The molecule has 0 unspecified atom stereocenters. The van der Waals surface area contributed by atoms with Crippen LogP contribution in [0, 0.1) is 0 Å². The van der Waals surface area contributed by atoms with Crippen molar-refractivity contribution in [2.24, 2.45) is 5.10 Å². The number of hydrazone groups is 1. The first-order valence-corrected chi connectivity index (χ1v) is 10.2. The smallest absolute Gasteiger partial charge is 0.329 e. The van der Waals surface area contributed by atoms with Crippen LogP contribution in [0.15, 0.2) is 80.9 Å². The van der Waals surface area contributed by atoms with Gasteiger partial charge in [-0.1, -0.05) is 34.1 Å². The lowest BCUT2D eigenvalue weighted by Gasteiger charge is -2.10. The molecule has 0 bridgehead atoms. The second-order valence-electron chi connectivity index (χ2n) is 6.35. The summed E-state index contributed by atoms with van der Waals surface area (Å²) in [5.41, 5.74) is 3.29. The summed E-state index contributed by atoms with van der Waals surface area (Å²) in [5, 5.41) is 8.93. The van der Waals surface area contributed by atoms with E-state index in [4.69, 9.17) is 9.15 Å². The van der Waals surface area contributed by atoms with Gasteiger partial charge in [-0.2, -0.15) is 5.10 Å². The molecule has 0 aliphatic rings. The number of nitrogens with zero attached hydrogens (tertiary/aromatic N) is 1. The van der Waals surface area contributed by atoms with E-state index in [9.17, 15) is 14.4 Å². The highest BCUT2D eigenvalue weighted by Gasteiger charge is 2.13. The number of amides is 3. The number of anilines is 1. The predicted molar refractivity (Wildman–Crippen MR) is 121 cm³/mol. The molecule has 1 heterocycles. The molecule has 32 heavy (non-hydrogen) atoms. The minimum atomic E-state index is -0.937. The SMILES string of the molecule is O=C(COc1ccc(Br)cc1/C=N\NC(=O)C(=O)NCc1ccco1)Nc1ccccc1. The average molecular weight is 499 g/mol. The summed E-state index contributed by atoms with van der Waals surface area (Å²) in [4.78, 5) is 35.8. The number of ether oxygens (including phenoxy) is 1. The molecule has 9 nitrogen and oxygen atoms in total. The van der Waals surface area contributed by atoms with Crippen LogP contribution >= 0.6 is 15.9 Å². The van der Waals surface area contributed by atoms with Crippen molar-refractivity contribution in [1.29, 1.82) is 0 Å². The minimum Gasteiger partial charge on any atom is -0.483 e. The first-order valence-electron chi connectivity index (χ1n) is 9.42. The van der Waals surface area contributed by atoms with E-state index < -0.39 is 11.8 Å². The highest BCUT2D eigenvalue weighted by atomic mass is 79.9. The molecule has 0 atom stereocenters. The van der Waals surface area contributed by atoms with E-state index in [0.717, 1.165) is 4.47 Å². The fraction of sp³-hybridized carbons (Fsp3) is 0.0909. The fourth-order valence-corrected chi connectivity index (χ4v) is 2.86. The molecule has 0 fully saturated rings. The van der Waals surface area contributed by atoms with Gasteiger partial charge in [-0.3, -0.25) is 14.4 Å². The molecule has 0 radical (unpaired) electrons. The Balaban J connectivity index is 1.53. The average Bonchev–Trinajstić information content (AvgIpc) is 3.31. The zero-order chi connectivity index (χ0) is 22.8. The van der Waals surface area contributed by atoms with Crippen molar-refractivity contribution in [2.75, 3.05) is 11.9 Å². The van der Waals surface area contributed by atoms with Gasteiger partial charge in [-0.25, -0.2) is 5.43 Å². The lowest BCUT2D eigenvalue weighted by Crippen LogP contribution is -2.37. The number of para-hydroxylation sites is 1. The Bertz CT molecular complexity index is 1100. The van der Waals surface area contributed by atoms with E-state index in [-0.39, 0.29) is 19.1 Å². The van der Waals surface area contributed by atoms with Crippen LogP contribution in [0.2, 0.25) is 0 Å². The summed E-state index contributed by atoms with van der Waals surface area (Å²) in [6.07, 6.45) is 2.78. The Hall–Kier alpha value is -3.92. The Kier molecular flexibility index (Phi) is 8.15. The summed E-state index contributed by atoms with van der Waals surface area (Å²) < 4.78 is 11.4. The highest BCUT2D eigenvalue weighted by Crippen LogP contribution is 2.22. The van der Waals surface area contributed by atoms with Gasteiger partial charge in [0.25, 0.3) is 5.91 Å². The van der Waals surface area contributed by atoms with Crippen LogP contribution < -0.4 is 20.8 Å². The number of halogens is 1. The van der Waals surface area contributed by atoms with Gasteiger partial charge in [0, 0.05) is 15.7 Å². The maximum atomic E-state index is 12.1. The summed E-state index contributed by atoms with van der Waals surface area (Å²) in [6.45, 7) is -0.142. The summed E-state index contributed by atoms with van der Waals surface area (Å²) >= 11 is 3.35. The van der Waals surface area contributed by atoms with Crippen molar-refractivity contribution in [2.45, 2.75) is 6.54 Å². The molecule has 0 aliphatic heterocycles. The summed E-state index contributed by atoms with van der Waals surface area (Å²) in [5.74, 6) is -1.24. The molecule has 164 valence electrons. The van der Waals surface area contributed by atoms with Gasteiger partial charge < -0.3 is 19.8 Å². The number of hydrogen-bond donors (Lipinski definition) is 3. The highest BCUT2D eigenvalue weighted by molar-refractivity contribution is 9.10. The maximum Gasteiger partial charge on any atom is 0.329 e. The van der Waals surface area contributed by atoms with E-state index in [1.54, 1.807) is 42.5 Å². The van der Waals surface area contributed by atoms with Gasteiger partial charge in [0.2, 0.25) is 0 Å². The Morgan fingerprint density at radius 2 is 1.84 bits per heavy atom. The van der Waals surface area contributed by atoms with Gasteiger partial charge in [0.05, 0.1) is 19.0 Å². The number of benzene rings is 2. The molecule has 0 aliphatic carbocycles. The second-order valence-corrected chi connectivity index (χ2v) is 7.26. The maximum absolute atomic E-state index is 12.1. The van der Waals surface area contributed by atoms with Crippen LogP contribution in [0.1, 0.15) is 11.3 Å². The minimum absolute atomic E-state index is 0.0810. The summed E-state index contributed by atoms with van der Waals surface area (Å²) in [7, 11) is 0. The molecular formula is C22H19BrN4O5.